The van der Waals surface area contributed by atoms with Crippen LogP contribution in [0.15, 0.2) is 45.6 Å². The van der Waals surface area contributed by atoms with Crippen molar-refractivity contribution in [1.29, 1.82) is 0 Å². The van der Waals surface area contributed by atoms with Crippen LogP contribution in [0.5, 0.6) is 17.2 Å². The van der Waals surface area contributed by atoms with Crippen molar-refractivity contribution in [1.82, 2.24) is 0 Å². The highest BCUT2D eigenvalue weighted by Gasteiger charge is 2.48. The molecular weight excluding hydrogens is 540 g/mol. The van der Waals surface area contributed by atoms with Crippen molar-refractivity contribution in [2.45, 2.75) is 50.8 Å². The van der Waals surface area contributed by atoms with Crippen LogP contribution in [0.1, 0.15) is 35.5 Å². The van der Waals surface area contributed by atoms with E-state index in [0.717, 1.165) is 12.1 Å². The molecule has 1 fully saturated rings. The van der Waals surface area contributed by atoms with Crippen molar-refractivity contribution < 1.29 is 53.7 Å². The molecule has 2 heterocycles. The van der Waals surface area contributed by atoms with Gasteiger partial charge in [-0.2, -0.15) is 0 Å². The molecule has 3 aromatic rings. The number of esters is 1. The van der Waals surface area contributed by atoms with E-state index >= 15 is 0 Å². The van der Waals surface area contributed by atoms with Gasteiger partial charge in [0.15, 0.2) is 23.0 Å². The number of rotatable bonds is 8. The van der Waals surface area contributed by atoms with Crippen molar-refractivity contribution >= 4 is 28.8 Å². The molecule has 0 saturated carbocycles. The second-order valence-corrected chi connectivity index (χ2v) is 9.71. The predicted molar refractivity (Wildman–Crippen MR) is 144 cm³/mol. The number of carbonyl (C=O) groups is 2. The fourth-order valence-corrected chi connectivity index (χ4v) is 4.77. The Morgan fingerprint density at radius 2 is 1.80 bits per heavy atom. The minimum Gasteiger partial charge on any atom is -0.507 e. The Kier molecular flexibility index (Phi) is 8.78. The van der Waals surface area contributed by atoms with Crippen LogP contribution in [0, 0.1) is 6.92 Å². The molecule has 1 aromatic heterocycles. The molecule has 12 heteroatoms. The predicted octanol–water partition coefficient (Wildman–Crippen LogP) is 1.43. The van der Waals surface area contributed by atoms with Crippen LogP contribution in [0.2, 0.25) is 0 Å². The fraction of sp³-hybridized carbons (Fsp3) is 0.345. The number of hydrogen-bond donors (Lipinski definition) is 5. The van der Waals surface area contributed by atoms with E-state index in [1.165, 1.54) is 44.4 Å². The zero-order valence-corrected chi connectivity index (χ0v) is 22.4. The van der Waals surface area contributed by atoms with E-state index < -0.39 is 54.3 Å². The van der Waals surface area contributed by atoms with Crippen LogP contribution < -0.4 is 10.2 Å². The molecule has 0 spiro atoms. The number of ether oxygens (including phenoxy) is 3. The van der Waals surface area contributed by atoms with E-state index in [0.29, 0.717) is 11.1 Å². The molecule has 1 saturated heterocycles. The lowest BCUT2D eigenvalue weighted by molar-refractivity contribution is -0.239. The van der Waals surface area contributed by atoms with Crippen LogP contribution in [-0.4, -0.2) is 75.4 Å². The topological polar surface area (TPSA) is 193 Å². The van der Waals surface area contributed by atoms with Crippen molar-refractivity contribution in [3.05, 3.63) is 69.1 Å². The second kappa shape index (κ2) is 12.1. The number of aliphatic hydroxyl groups is 3. The number of ketones is 1. The largest absolute Gasteiger partial charge is 0.507 e. The number of hydrogen-bond acceptors (Lipinski definition) is 12. The lowest BCUT2D eigenvalue weighted by Gasteiger charge is -2.42. The number of phenols is 2. The summed E-state index contributed by atoms with van der Waals surface area (Å²) in [5, 5.41) is 52.1. The first kappa shape index (κ1) is 29.7. The molecule has 0 unspecified atom stereocenters. The standard InChI is InChI=1S/C29H30O12/c1-13-8-18(33)24(27-23(13)19(34)11-16(39-27)9-14(2)31)28-29(26(37)25(36)21(12-30)40-28)41-22(35)7-5-15-4-6-17(32)20(10-15)38-3/h4-8,10-11,21,25-26,28-30,32-33,36-37H,9,12H2,1-3H3/t21-,25-,26+,28-,29-/m1/s1. The summed E-state index contributed by atoms with van der Waals surface area (Å²) in [7, 11) is 1.36. The maximum atomic E-state index is 13.0. The molecule has 0 amide bonds. The number of aliphatic hydroxyl groups excluding tert-OH is 3. The molecule has 2 aromatic carbocycles. The first-order valence-electron chi connectivity index (χ1n) is 12.6. The number of benzene rings is 2. The molecule has 5 N–H and O–H groups in total. The third-order valence-corrected chi connectivity index (χ3v) is 6.71. The zero-order chi connectivity index (χ0) is 30.0. The van der Waals surface area contributed by atoms with Crippen molar-refractivity contribution in [2.24, 2.45) is 0 Å². The lowest BCUT2D eigenvalue weighted by Crippen LogP contribution is -2.56. The van der Waals surface area contributed by atoms with E-state index in [-0.39, 0.29) is 46.0 Å². The van der Waals surface area contributed by atoms with E-state index in [9.17, 15) is 39.9 Å². The molecule has 0 radical (unpaired) electrons. The molecule has 12 nitrogen and oxygen atoms in total. The van der Waals surface area contributed by atoms with E-state index in [1.54, 1.807) is 6.92 Å². The SMILES string of the molecule is COc1cc(C=CC(=O)O[C@@H]2[C@@H](O)[C@H](O)[C@@H](CO)O[C@@H]2c2c(O)cc(C)c3c(=O)cc(CC(C)=O)oc23)ccc1O. The Labute approximate surface area is 233 Å². The average molecular weight is 571 g/mol. The zero-order valence-electron chi connectivity index (χ0n) is 22.4. The average Bonchev–Trinajstić information content (AvgIpc) is 2.91. The number of carbonyl (C=O) groups excluding carboxylic acids is 2. The number of aryl methyl sites for hydroxylation is 1. The van der Waals surface area contributed by atoms with Crippen molar-refractivity contribution in [3.8, 4) is 17.2 Å². The van der Waals surface area contributed by atoms with Gasteiger partial charge >= 0.3 is 5.97 Å². The van der Waals surface area contributed by atoms with Crippen LogP contribution in [0.4, 0.5) is 0 Å². The summed E-state index contributed by atoms with van der Waals surface area (Å²) in [4.78, 5) is 37.6. The summed E-state index contributed by atoms with van der Waals surface area (Å²) in [5.74, 6) is -1.62. The van der Waals surface area contributed by atoms with E-state index in [1.807, 2.05) is 0 Å². The molecule has 1 aliphatic heterocycles. The molecule has 5 atom stereocenters. The quantitative estimate of drug-likeness (QED) is 0.194. The van der Waals surface area contributed by atoms with Crippen LogP contribution >= 0.6 is 0 Å². The van der Waals surface area contributed by atoms with Crippen molar-refractivity contribution in [3.63, 3.8) is 0 Å². The third kappa shape index (κ3) is 6.10. The van der Waals surface area contributed by atoms with Gasteiger partial charge in [-0.15, -0.1) is 0 Å². The van der Waals surface area contributed by atoms with Gasteiger partial charge in [-0.25, -0.2) is 4.79 Å². The van der Waals surface area contributed by atoms with Gasteiger partial charge in [0.1, 0.15) is 47.3 Å². The lowest BCUT2D eigenvalue weighted by atomic mass is 9.89. The maximum Gasteiger partial charge on any atom is 0.331 e. The number of aromatic hydroxyl groups is 2. The minimum atomic E-state index is -1.79. The Bertz CT molecular complexity index is 1560. The molecule has 0 aliphatic carbocycles. The first-order chi connectivity index (χ1) is 19.4. The van der Waals surface area contributed by atoms with Crippen LogP contribution in [0.25, 0.3) is 17.0 Å². The molecule has 1 aliphatic rings. The van der Waals surface area contributed by atoms with Crippen LogP contribution in [-0.2, 0) is 25.5 Å². The Morgan fingerprint density at radius 1 is 1.07 bits per heavy atom. The third-order valence-electron chi connectivity index (χ3n) is 6.71. The number of methoxy groups -OCH3 is 1. The van der Waals surface area contributed by atoms with Gasteiger partial charge in [-0.3, -0.25) is 9.59 Å². The minimum absolute atomic E-state index is 0.0113. The van der Waals surface area contributed by atoms with E-state index in [2.05, 4.69) is 0 Å². The van der Waals surface area contributed by atoms with Gasteiger partial charge in [0.2, 0.25) is 0 Å². The van der Waals surface area contributed by atoms with Gasteiger partial charge in [0, 0.05) is 12.1 Å². The summed E-state index contributed by atoms with van der Waals surface area (Å²) >= 11 is 0. The Balaban J connectivity index is 1.78. The molecule has 218 valence electrons. The summed E-state index contributed by atoms with van der Waals surface area (Å²) in [5.41, 5.74) is -0.0276. The molecule has 41 heavy (non-hydrogen) atoms. The summed E-state index contributed by atoms with van der Waals surface area (Å²) < 4.78 is 22.2. The highest BCUT2D eigenvalue weighted by Crippen LogP contribution is 2.42. The molecule has 0 bridgehead atoms. The molecule has 4 rings (SSSR count). The monoisotopic (exact) mass is 570 g/mol. The van der Waals surface area contributed by atoms with Crippen molar-refractivity contribution in [2.75, 3.05) is 13.7 Å². The number of fused-ring (bicyclic) bond motifs is 1. The summed E-state index contributed by atoms with van der Waals surface area (Å²) in [6.07, 6.45) is -5.82. The normalized spacial score (nSPS) is 22.6. The highest BCUT2D eigenvalue weighted by molar-refractivity contribution is 5.88. The van der Waals surface area contributed by atoms with Gasteiger partial charge in [0.25, 0.3) is 0 Å². The van der Waals surface area contributed by atoms with Gasteiger partial charge in [-0.1, -0.05) is 6.07 Å². The van der Waals surface area contributed by atoms with Crippen LogP contribution in [0.3, 0.4) is 0 Å². The van der Waals surface area contributed by atoms with Gasteiger partial charge < -0.3 is 44.2 Å². The fourth-order valence-electron chi connectivity index (χ4n) is 4.77. The summed E-state index contributed by atoms with van der Waals surface area (Å²) in [6, 6.07) is 6.77. The maximum absolute atomic E-state index is 13.0. The first-order valence-corrected chi connectivity index (χ1v) is 12.6. The Hall–Kier alpha value is -4.23. The molecular formula is C29H30O12. The number of Topliss-reactive ketones (excluding diaryl/α,β-unsaturated/α-hetero) is 1. The Morgan fingerprint density at radius 3 is 2.46 bits per heavy atom. The van der Waals surface area contributed by atoms with Gasteiger partial charge in [0.05, 0.1) is 31.1 Å². The number of phenolic OH excluding ortho intramolecular Hbond substituents is 2. The van der Waals surface area contributed by atoms with Gasteiger partial charge in [-0.05, 0) is 49.2 Å². The smallest absolute Gasteiger partial charge is 0.331 e. The highest BCUT2D eigenvalue weighted by atomic mass is 16.6. The second-order valence-electron chi connectivity index (χ2n) is 9.71. The van der Waals surface area contributed by atoms with E-state index in [4.69, 9.17) is 18.6 Å². The summed E-state index contributed by atoms with van der Waals surface area (Å²) in [6.45, 7) is 2.14.